The Kier molecular flexibility index (Phi) is 6.83. The third-order valence-corrected chi connectivity index (χ3v) is 2.91. The van der Waals surface area contributed by atoms with Crippen LogP contribution >= 0.6 is 24.8 Å². The zero-order valence-electron chi connectivity index (χ0n) is 10.5. The van der Waals surface area contributed by atoms with Crippen molar-refractivity contribution in [2.75, 3.05) is 11.9 Å². The molecule has 0 amide bonds. The monoisotopic (exact) mass is 277 g/mol. The average Bonchev–Trinajstić information content (AvgIpc) is 2.56. The van der Waals surface area contributed by atoms with Crippen LogP contribution in [0, 0.1) is 13.8 Å². The molecule has 2 N–H and O–H groups in total. The topological polar surface area (TPSA) is 37.0 Å². The van der Waals surface area contributed by atoms with E-state index in [-0.39, 0.29) is 24.8 Å². The van der Waals surface area contributed by atoms with Crippen LogP contribution in [0.1, 0.15) is 24.5 Å². The lowest BCUT2D eigenvalue weighted by atomic mass is 10.1. The van der Waals surface area contributed by atoms with Gasteiger partial charge in [-0.1, -0.05) is 6.07 Å². The van der Waals surface area contributed by atoms with Crippen LogP contribution in [0.3, 0.4) is 0 Å². The minimum atomic E-state index is 0. The first-order chi connectivity index (χ1) is 7.15. The Balaban J connectivity index is 0.00000128. The van der Waals surface area contributed by atoms with Crippen LogP contribution in [0.15, 0.2) is 12.3 Å². The van der Waals surface area contributed by atoms with E-state index in [4.69, 9.17) is 0 Å². The van der Waals surface area contributed by atoms with Gasteiger partial charge in [0.15, 0.2) is 0 Å². The minimum Gasteiger partial charge on any atom is -0.366 e. The van der Waals surface area contributed by atoms with E-state index in [1.165, 1.54) is 17.5 Å². The summed E-state index contributed by atoms with van der Waals surface area (Å²) < 4.78 is 0. The fourth-order valence-corrected chi connectivity index (χ4v) is 2.11. The highest BCUT2D eigenvalue weighted by molar-refractivity contribution is 5.85. The number of aromatic nitrogens is 1. The van der Waals surface area contributed by atoms with Crippen LogP contribution in [0.5, 0.6) is 0 Å². The van der Waals surface area contributed by atoms with Gasteiger partial charge in [0.2, 0.25) is 0 Å². The molecule has 2 atom stereocenters. The maximum Gasteiger partial charge on any atom is 0.129 e. The van der Waals surface area contributed by atoms with E-state index in [0.29, 0.717) is 12.1 Å². The number of aryl methyl sites for hydroxylation is 2. The van der Waals surface area contributed by atoms with Gasteiger partial charge in [-0.15, -0.1) is 24.8 Å². The molecule has 1 aliphatic rings. The van der Waals surface area contributed by atoms with Gasteiger partial charge in [0.05, 0.1) is 0 Å². The van der Waals surface area contributed by atoms with Crippen molar-refractivity contribution in [3.8, 4) is 0 Å². The van der Waals surface area contributed by atoms with Gasteiger partial charge in [0, 0.05) is 24.8 Å². The number of nitrogens with zero attached hydrogens (tertiary/aromatic N) is 1. The number of nitrogens with one attached hydrogen (secondary N) is 2. The lowest BCUT2D eigenvalue weighted by molar-refractivity contribution is 0.661. The molecule has 17 heavy (non-hydrogen) atoms. The van der Waals surface area contributed by atoms with Crippen molar-refractivity contribution in [3.63, 3.8) is 0 Å². The van der Waals surface area contributed by atoms with E-state index in [9.17, 15) is 0 Å². The van der Waals surface area contributed by atoms with Crippen LogP contribution < -0.4 is 10.6 Å². The highest BCUT2D eigenvalue weighted by atomic mass is 35.5. The predicted molar refractivity (Wildman–Crippen MR) is 77.7 cm³/mol. The molecule has 0 radical (unpaired) electrons. The lowest BCUT2D eigenvalue weighted by Crippen LogP contribution is -2.23. The summed E-state index contributed by atoms with van der Waals surface area (Å²) in [5.41, 5.74) is 2.45. The van der Waals surface area contributed by atoms with Crippen LogP contribution in [0.2, 0.25) is 0 Å². The van der Waals surface area contributed by atoms with Crippen molar-refractivity contribution in [1.29, 1.82) is 0 Å². The molecule has 5 heteroatoms. The Bertz CT molecular complexity index is 358. The number of anilines is 1. The number of hydrogen-bond donors (Lipinski definition) is 2. The normalized spacial score (nSPS) is 22.5. The maximum atomic E-state index is 4.43. The van der Waals surface area contributed by atoms with Crippen molar-refractivity contribution in [2.24, 2.45) is 0 Å². The molecule has 2 rings (SSSR count). The highest BCUT2D eigenvalue weighted by Crippen LogP contribution is 2.16. The molecule has 1 aliphatic heterocycles. The van der Waals surface area contributed by atoms with Crippen molar-refractivity contribution < 1.29 is 0 Å². The molecule has 0 unspecified atom stereocenters. The summed E-state index contributed by atoms with van der Waals surface area (Å²) in [5, 5.41) is 6.92. The number of halogens is 2. The van der Waals surface area contributed by atoms with Crippen molar-refractivity contribution in [3.05, 3.63) is 23.4 Å². The molecule has 0 saturated carbocycles. The van der Waals surface area contributed by atoms with Crippen LogP contribution in [-0.4, -0.2) is 23.6 Å². The molecule has 0 bridgehead atoms. The predicted octanol–water partition coefficient (Wildman–Crippen LogP) is 2.70. The van der Waals surface area contributed by atoms with E-state index in [2.05, 4.69) is 42.5 Å². The van der Waals surface area contributed by atoms with E-state index in [0.717, 1.165) is 12.4 Å². The smallest absolute Gasteiger partial charge is 0.129 e. The molecule has 1 aromatic heterocycles. The summed E-state index contributed by atoms with van der Waals surface area (Å²) >= 11 is 0. The average molecular weight is 278 g/mol. The summed E-state index contributed by atoms with van der Waals surface area (Å²) in [6, 6.07) is 3.31. The third-order valence-electron chi connectivity index (χ3n) is 2.91. The SMILES string of the molecule is Cc1cnc(N[C@@H]2CN[C@H](C)C2)c(C)c1.Cl.Cl. The third kappa shape index (κ3) is 4.34. The summed E-state index contributed by atoms with van der Waals surface area (Å²) in [5.74, 6) is 1.03. The molecule has 0 spiro atoms. The van der Waals surface area contributed by atoms with Crippen molar-refractivity contribution in [2.45, 2.75) is 39.3 Å². The first kappa shape index (κ1) is 16.5. The van der Waals surface area contributed by atoms with Gasteiger partial charge >= 0.3 is 0 Å². The standard InChI is InChI=1S/C12H19N3.2ClH/c1-8-4-9(2)12(14-6-8)15-11-5-10(3)13-7-11;;/h4,6,10-11,13H,5,7H2,1-3H3,(H,14,15);2*1H/t10-,11+;;/m1../s1. The Labute approximate surface area is 116 Å². The Morgan fingerprint density at radius 1 is 1.35 bits per heavy atom. The second-order valence-corrected chi connectivity index (χ2v) is 4.56. The van der Waals surface area contributed by atoms with Crippen molar-refractivity contribution >= 4 is 30.6 Å². The maximum absolute atomic E-state index is 4.43. The minimum absolute atomic E-state index is 0. The Morgan fingerprint density at radius 3 is 2.59 bits per heavy atom. The summed E-state index contributed by atoms with van der Waals surface area (Å²) in [4.78, 5) is 4.43. The Hall–Kier alpha value is -0.510. The molecule has 1 aromatic rings. The second kappa shape index (κ2) is 7.04. The molecule has 1 fully saturated rings. The molecule has 0 aliphatic carbocycles. The molecule has 1 saturated heterocycles. The number of rotatable bonds is 2. The largest absolute Gasteiger partial charge is 0.366 e. The molecule has 2 heterocycles. The summed E-state index contributed by atoms with van der Waals surface area (Å²) in [6.07, 6.45) is 3.09. The van der Waals surface area contributed by atoms with E-state index in [1.807, 2.05) is 6.20 Å². The fraction of sp³-hybridized carbons (Fsp3) is 0.583. The van der Waals surface area contributed by atoms with Gasteiger partial charge in [0.25, 0.3) is 0 Å². The molecule has 98 valence electrons. The van der Waals surface area contributed by atoms with E-state index >= 15 is 0 Å². The van der Waals surface area contributed by atoms with Crippen molar-refractivity contribution in [1.82, 2.24) is 10.3 Å². The van der Waals surface area contributed by atoms with Gasteiger partial charge < -0.3 is 10.6 Å². The summed E-state index contributed by atoms with van der Waals surface area (Å²) in [7, 11) is 0. The van der Waals surface area contributed by atoms with Gasteiger partial charge in [-0.2, -0.15) is 0 Å². The van der Waals surface area contributed by atoms with Gasteiger partial charge in [-0.25, -0.2) is 4.98 Å². The van der Waals surface area contributed by atoms with E-state index in [1.54, 1.807) is 0 Å². The first-order valence-electron chi connectivity index (χ1n) is 5.58. The van der Waals surface area contributed by atoms with Gasteiger partial charge in [0.1, 0.15) is 5.82 Å². The summed E-state index contributed by atoms with van der Waals surface area (Å²) in [6.45, 7) is 7.43. The van der Waals surface area contributed by atoms with Gasteiger partial charge in [-0.05, 0) is 38.3 Å². The molecular formula is C12H21Cl2N3. The van der Waals surface area contributed by atoms with Crippen LogP contribution in [0.4, 0.5) is 5.82 Å². The second-order valence-electron chi connectivity index (χ2n) is 4.56. The van der Waals surface area contributed by atoms with Crippen LogP contribution in [-0.2, 0) is 0 Å². The molecular weight excluding hydrogens is 257 g/mol. The number of pyridine rings is 1. The fourth-order valence-electron chi connectivity index (χ4n) is 2.11. The van der Waals surface area contributed by atoms with Gasteiger partial charge in [-0.3, -0.25) is 0 Å². The first-order valence-corrected chi connectivity index (χ1v) is 5.58. The number of hydrogen-bond acceptors (Lipinski definition) is 3. The Morgan fingerprint density at radius 2 is 2.06 bits per heavy atom. The zero-order chi connectivity index (χ0) is 10.8. The molecule has 3 nitrogen and oxygen atoms in total. The quantitative estimate of drug-likeness (QED) is 0.873. The highest BCUT2D eigenvalue weighted by Gasteiger charge is 2.20. The van der Waals surface area contributed by atoms with E-state index < -0.39 is 0 Å². The molecule has 0 aromatic carbocycles. The van der Waals surface area contributed by atoms with Crippen LogP contribution in [0.25, 0.3) is 0 Å². The zero-order valence-corrected chi connectivity index (χ0v) is 12.1. The lowest BCUT2D eigenvalue weighted by Gasteiger charge is -2.14.